The Morgan fingerprint density at radius 3 is 2.82 bits per heavy atom. The number of hydrogen-bond acceptors (Lipinski definition) is 4. The van der Waals surface area contributed by atoms with Crippen molar-refractivity contribution < 1.29 is 14.3 Å². The first-order valence-electron chi connectivity index (χ1n) is 7.10. The summed E-state index contributed by atoms with van der Waals surface area (Å²) >= 11 is 1.64. The van der Waals surface area contributed by atoms with Crippen molar-refractivity contribution in [2.45, 2.75) is 6.54 Å². The van der Waals surface area contributed by atoms with Crippen LogP contribution in [-0.2, 0) is 6.54 Å². The van der Waals surface area contributed by atoms with E-state index in [1.165, 1.54) is 0 Å². The van der Waals surface area contributed by atoms with Gasteiger partial charge in [-0.2, -0.15) is 0 Å². The van der Waals surface area contributed by atoms with Gasteiger partial charge in [0.15, 0.2) is 11.5 Å². The highest BCUT2D eigenvalue weighted by atomic mass is 32.1. The second-order valence-corrected chi connectivity index (χ2v) is 5.94. The highest BCUT2D eigenvalue weighted by Gasteiger charge is 2.19. The smallest absolute Gasteiger partial charge is 0.254 e. The number of thiophene rings is 1. The third-order valence-electron chi connectivity index (χ3n) is 3.35. The number of amides is 1. The molecule has 0 N–H and O–H groups in total. The summed E-state index contributed by atoms with van der Waals surface area (Å²) in [4.78, 5) is 15.6. The summed E-state index contributed by atoms with van der Waals surface area (Å²) in [5, 5.41) is 2.01. The zero-order chi connectivity index (χ0) is 15.4. The molecule has 4 nitrogen and oxygen atoms in total. The van der Waals surface area contributed by atoms with Crippen LogP contribution in [0.15, 0.2) is 48.4 Å². The van der Waals surface area contributed by atoms with Crippen LogP contribution >= 0.6 is 11.3 Å². The molecule has 0 radical (unpaired) electrons. The Bertz CT molecular complexity index is 667. The molecule has 0 fully saturated rings. The summed E-state index contributed by atoms with van der Waals surface area (Å²) < 4.78 is 11.0. The van der Waals surface area contributed by atoms with Crippen LogP contribution in [0.4, 0.5) is 0 Å². The van der Waals surface area contributed by atoms with E-state index in [4.69, 9.17) is 9.47 Å². The molecule has 2 heterocycles. The minimum Gasteiger partial charge on any atom is -0.486 e. The number of benzene rings is 1. The van der Waals surface area contributed by atoms with Gasteiger partial charge >= 0.3 is 0 Å². The zero-order valence-corrected chi connectivity index (χ0v) is 13.0. The van der Waals surface area contributed by atoms with Crippen LogP contribution in [0.2, 0.25) is 0 Å². The predicted molar refractivity (Wildman–Crippen MR) is 86.7 cm³/mol. The Kier molecular flexibility index (Phi) is 4.44. The molecule has 1 amide bonds. The standard InChI is InChI=1S/C17H17NO3S/c1-2-7-18(12-14-4-3-10-22-14)17(19)13-5-6-15-16(11-13)21-9-8-20-15/h2-6,10-11H,1,7-9,12H2. The number of hydrogen-bond donors (Lipinski definition) is 0. The average Bonchev–Trinajstić information content (AvgIpc) is 3.06. The first-order valence-corrected chi connectivity index (χ1v) is 7.98. The Hall–Kier alpha value is -2.27. The van der Waals surface area contributed by atoms with Gasteiger partial charge in [0, 0.05) is 17.0 Å². The number of nitrogens with zero attached hydrogens (tertiary/aromatic N) is 1. The molecule has 1 aromatic heterocycles. The zero-order valence-electron chi connectivity index (χ0n) is 12.2. The third kappa shape index (κ3) is 3.14. The SMILES string of the molecule is C=CCN(Cc1cccs1)C(=O)c1ccc2c(c1)OCCO2. The maximum atomic E-state index is 12.7. The van der Waals surface area contributed by atoms with Crippen LogP contribution in [0.3, 0.4) is 0 Å². The summed E-state index contributed by atoms with van der Waals surface area (Å²) in [5.41, 5.74) is 0.600. The van der Waals surface area contributed by atoms with Crippen molar-refractivity contribution in [3.05, 3.63) is 58.8 Å². The van der Waals surface area contributed by atoms with Gasteiger partial charge in [0.1, 0.15) is 13.2 Å². The van der Waals surface area contributed by atoms with E-state index in [9.17, 15) is 4.79 Å². The fraction of sp³-hybridized carbons (Fsp3) is 0.235. The van der Waals surface area contributed by atoms with Crippen LogP contribution in [0.5, 0.6) is 11.5 Å². The van der Waals surface area contributed by atoms with Gasteiger partial charge in [0.05, 0.1) is 6.54 Å². The third-order valence-corrected chi connectivity index (χ3v) is 4.21. The minimum atomic E-state index is -0.0368. The second kappa shape index (κ2) is 6.66. The molecule has 22 heavy (non-hydrogen) atoms. The van der Waals surface area contributed by atoms with Crippen LogP contribution in [0.1, 0.15) is 15.2 Å². The van der Waals surface area contributed by atoms with E-state index in [0.29, 0.717) is 43.4 Å². The van der Waals surface area contributed by atoms with E-state index < -0.39 is 0 Å². The second-order valence-electron chi connectivity index (χ2n) is 4.91. The molecule has 0 spiro atoms. The molecular formula is C17H17NO3S. The molecule has 1 aromatic carbocycles. The van der Waals surface area contributed by atoms with Crippen LogP contribution in [0.25, 0.3) is 0 Å². The maximum absolute atomic E-state index is 12.7. The Morgan fingerprint density at radius 1 is 1.27 bits per heavy atom. The summed E-state index contributed by atoms with van der Waals surface area (Å²) in [7, 11) is 0. The lowest BCUT2D eigenvalue weighted by Crippen LogP contribution is -2.30. The topological polar surface area (TPSA) is 38.8 Å². The maximum Gasteiger partial charge on any atom is 0.254 e. The van der Waals surface area contributed by atoms with E-state index in [2.05, 4.69) is 6.58 Å². The Morgan fingerprint density at radius 2 is 2.09 bits per heavy atom. The molecule has 0 atom stereocenters. The van der Waals surface area contributed by atoms with Crippen LogP contribution in [0, 0.1) is 0 Å². The summed E-state index contributed by atoms with van der Waals surface area (Å²) in [6.45, 7) is 5.88. The molecule has 1 aliphatic rings. The molecule has 0 saturated carbocycles. The van der Waals surface area contributed by atoms with Crippen LogP contribution < -0.4 is 9.47 Å². The van der Waals surface area contributed by atoms with E-state index >= 15 is 0 Å². The van der Waals surface area contributed by atoms with Gasteiger partial charge < -0.3 is 14.4 Å². The fourth-order valence-corrected chi connectivity index (χ4v) is 3.04. The van der Waals surface area contributed by atoms with E-state index in [-0.39, 0.29) is 5.91 Å². The lowest BCUT2D eigenvalue weighted by atomic mass is 10.1. The van der Waals surface area contributed by atoms with Gasteiger partial charge in [-0.1, -0.05) is 12.1 Å². The highest BCUT2D eigenvalue weighted by molar-refractivity contribution is 7.09. The number of rotatable bonds is 5. The molecule has 3 rings (SSSR count). The lowest BCUT2D eigenvalue weighted by molar-refractivity contribution is 0.0763. The van der Waals surface area contributed by atoms with Gasteiger partial charge in [0.25, 0.3) is 5.91 Å². The van der Waals surface area contributed by atoms with Gasteiger partial charge in [-0.05, 0) is 29.6 Å². The molecule has 114 valence electrons. The quantitative estimate of drug-likeness (QED) is 0.794. The lowest BCUT2D eigenvalue weighted by Gasteiger charge is -2.22. The van der Waals surface area contributed by atoms with E-state index in [1.807, 2.05) is 17.5 Å². The van der Waals surface area contributed by atoms with Crippen molar-refractivity contribution in [2.24, 2.45) is 0 Å². The van der Waals surface area contributed by atoms with Crippen molar-refractivity contribution in [2.75, 3.05) is 19.8 Å². The van der Waals surface area contributed by atoms with Crippen molar-refractivity contribution >= 4 is 17.2 Å². The molecule has 2 aromatic rings. The van der Waals surface area contributed by atoms with Gasteiger partial charge in [0.2, 0.25) is 0 Å². The van der Waals surface area contributed by atoms with E-state index in [1.54, 1.807) is 40.5 Å². The molecule has 0 aliphatic carbocycles. The van der Waals surface area contributed by atoms with Crippen molar-refractivity contribution in [1.29, 1.82) is 0 Å². The summed E-state index contributed by atoms with van der Waals surface area (Å²) in [6, 6.07) is 9.33. The molecule has 0 saturated heterocycles. The average molecular weight is 315 g/mol. The monoisotopic (exact) mass is 315 g/mol. The highest BCUT2D eigenvalue weighted by Crippen LogP contribution is 2.31. The number of ether oxygens (including phenoxy) is 2. The largest absolute Gasteiger partial charge is 0.486 e. The van der Waals surface area contributed by atoms with Gasteiger partial charge in [-0.15, -0.1) is 17.9 Å². The normalized spacial score (nSPS) is 12.7. The Labute approximate surface area is 133 Å². The van der Waals surface area contributed by atoms with Gasteiger partial charge in [-0.3, -0.25) is 4.79 Å². The number of fused-ring (bicyclic) bond motifs is 1. The van der Waals surface area contributed by atoms with E-state index in [0.717, 1.165) is 4.88 Å². The van der Waals surface area contributed by atoms with Crippen molar-refractivity contribution in [3.8, 4) is 11.5 Å². The number of carbonyl (C=O) groups excluding carboxylic acids is 1. The summed E-state index contributed by atoms with van der Waals surface area (Å²) in [6.07, 6.45) is 1.74. The molecule has 1 aliphatic heterocycles. The molecular weight excluding hydrogens is 298 g/mol. The molecule has 5 heteroatoms. The van der Waals surface area contributed by atoms with Crippen molar-refractivity contribution in [1.82, 2.24) is 4.90 Å². The van der Waals surface area contributed by atoms with Gasteiger partial charge in [-0.25, -0.2) is 0 Å². The summed E-state index contributed by atoms with van der Waals surface area (Å²) in [5.74, 6) is 1.29. The molecule has 0 unspecified atom stereocenters. The first-order chi connectivity index (χ1) is 10.8. The fourth-order valence-electron chi connectivity index (χ4n) is 2.32. The molecule has 0 bridgehead atoms. The first kappa shape index (κ1) is 14.7. The van der Waals surface area contributed by atoms with Crippen LogP contribution in [-0.4, -0.2) is 30.6 Å². The Balaban J connectivity index is 1.81. The number of carbonyl (C=O) groups is 1. The van der Waals surface area contributed by atoms with Crippen molar-refractivity contribution in [3.63, 3.8) is 0 Å². The minimum absolute atomic E-state index is 0.0368. The predicted octanol–water partition coefficient (Wildman–Crippen LogP) is 3.35.